The fourth-order valence-corrected chi connectivity index (χ4v) is 3.99. The molecule has 0 aliphatic heterocycles. The Kier molecular flexibility index (Phi) is 5.05. The van der Waals surface area contributed by atoms with Crippen molar-refractivity contribution in [3.63, 3.8) is 0 Å². The molecule has 9 heteroatoms. The molecule has 3 heterocycles. The van der Waals surface area contributed by atoms with Gasteiger partial charge in [0.25, 0.3) is 5.56 Å². The van der Waals surface area contributed by atoms with E-state index in [0.29, 0.717) is 22.8 Å². The maximum Gasteiger partial charge on any atom is 0.269 e. The molecule has 2 N–H and O–H groups in total. The number of hydrogen-bond donors (Lipinski definition) is 2. The first-order chi connectivity index (χ1) is 14.2. The lowest BCUT2D eigenvalue weighted by atomic mass is 9.68. The molecule has 9 nitrogen and oxygen atoms in total. The van der Waals surface area contributed by atoms with Crippen molar-refractivity contribution in [1.29, 1.82) is 0 Å². The van der Waals surface area contributed by atoms with Crippen LogP contribution in [0.1, 0.15) is 52.1 Å². The molecule has 0 spiro atoms. The van der Waals surface area contributed by atoms with Crippen molar-refractivity contribution in [3.8, 4) is 0 Å². The Morgan fingerprint density at radius 2 is 2.07 bits per heavy atom. The second-order valence-corrected chi connectivity index (χ2v) is 9.07. The lowest BCUT2D eigenvalue weighted by molar-refractivity contribution is -0.117. The SMILES string of the molecule is CC(C)c1nn(CC(=O)Nc2ccc3nncn3c2)c(=O)cc1NC1CC(C)(C)C1. The largest absolute Gasteiger partial charge is 0.381 e. The van der Waals surface area contributed by atoms with Crippen LogP contribution in [0.3, 0.4) is 0 Å². The molecule has 158 valence electrons. The zero-order chi connectivity index (χ0) is 21.5. The van der Waals surface area contributed by atoms with Crippen LogP contribution in [-0.4, -0.2) is 36.3 Å². The maximum absolute atomic E-state index is 12.6. The van der Waals surface area contributed by atoms with Crippen LogP contribution in [0.4, 0.5) is 11.4 Å². The number of anilines is 2. The lowest BCUT2D eigenvalue weighted by Crippen LogP contribution is -2.42. The van der Waals surface area contributed by atoms with Gasteiger partial charge < -0.3 is 10.6 Å². The maximum atomic E-state index is 12.6. The van der Waals surface area contributed by atoms with Gasteiger partial charge in [-0.2, -0.15) is 5.10 Å². The first kappa shape index (κ1) is 20.1. The highest BCUT2D eigenvalue weighted by atomic mass is 16.2. The summed E-state index contributed by atoms with van der Waals surface area (Å²) in [4.78, 5) is 25.1. The number of aromatic nitrogens is 5. The molecule has 0 radical (unpaired) electrons. The number of rotatable bonds is 6. The van der Waals surface area contributed by atoms with Gasteiger partial charge in [-0.15, -0.1) is 10.2 Å². The molecule has 3 aromatic heterocycles. The summed E-state index contributed by atoms with van der Waals surface area (Å²) in [6, 6.07) is 5.41. The molecule has 0 atom stereocenters. The molecule has 0 saturated heterocycles. The van der Waals surface area contributed by atoms with E-state index in [9.17, 15) is 9.59 Å². The van der Waals surface area contributed by atoms with Crippen LogP contribution < -0.4 is 16.2 Å². The molecule has 30 heavy (non-hydrogen) atoms. The molecule has 1 aliphatic rings. The highest BCUT2D eigenvalue weighted by molar-refractivity contribution is 5.90. The summed E-state index contributed by atoms with van der Waals surface area (Å²) in [6.45, 7) is 8.38. The first-order valence-electron chi connectivity index (χ1n) is 10.2. The summed E-state index contributed by atoms with van der Waals surface area (Å²) >= 11 is 0. The normalized spacial score (nSPS) is 15.9. The molecule has 1 fully saturated rings. The fourth-order valence-electron chi connectivity index (χ4n) is 3.99. The van der Waals surface area contributed by atoms with Gasteiger partial charge in [-0.3, -0.25) is 14.0 Å². The van der Waals surface area contributed by atoms with E-state index >= 15 is 0 Å². The van der Waals surface area contributed by atoms with Crippen LogP contribution in [0.2, 0.25) is 0 Å². The fraction of sp³-hybridized carbons (Fsp3) is 0.476. The van der Waals surface area contributed by atoms with Gasteiger partial charge >= 0.3 is 0 Å². The summed E-state index contributed by atoms with van der Waals surface area (Å²) in [6.07, 6.45) is 5.40. The van der Waals surface area contributed by atoms with Crippen molar-refractivity contribution in [2.75, 3.05) is 10.6 Å². The number of hydrogen-bond acceptors (Lipinski definition) is 6. The molecule has 1 amide bonds. The number of carbonyl (C=O) groups excluding carboxylic acids is 1. The van der Waals surface area contributed by atoms with Crippen LogP contribution in [0.25, 0.3) is 5.65 Å². The van der Waals surface area contributed by atoms with Gasteiger partial charge in [0, 0.05) is 18.3 Å². The van der Waals surface area contributed by atoms with E-state index in [1.807, 2.05) is 13.8 Å². The summed E-state index contributed by atoms with van der Waals surface area (Å²) in [7, 11) is 0. The second-order valence-electron chi connectivity index (χ2n) is 9.07. The third-order valence-electron chi connectivity index (χ3n) is 5.40. The minimum atomic E-state index is -0.326. The molecule has 0 unspecified atom stereocenters. The number of nitrogens with zero attached hydrogens (tertiary/aromatic N) is 5. The smallest absolute Gasteiger partial charge is 0.269 e. The Morgan fingerprint density at radius 3 is 2.77 bits per heavy atom. The average Bonchev–Trinajstić information content (AvgIpc) is 3.09. The Bertz CT molecular complexity index is 1140. The van der Waals surface area contributed by atoms with Crippen LogP contribution in [0.5, 0.6) is 0 Å². The third-order valence-corrected chi connectivity index (χ3v) is 5.40. The van der Waals surface area contributed by atoms with E-state index in [2.05, 4.69) is 39.8 Å². The highest BCUT2D eigenvalue weighted by Crippen LogP contribution is 2.41. The number of pyridine rings is 1. The van der Waals surface area contributed by atoms with Gasteiger partial charge in [-0.25, -0.2) is 4.68 Å². The number of carbonyl (C=O) groups is 1. The first-order valence-corrected chi connectivity index (χ1v) is 10.2. The standard InChI is InChI=1S/C21H27N7O2/c1-13(2)20-16(23-15-8-21(3,4)9-15)7-19(30)28(26-20)11-18(29)24-14-5-6-17-25-22-12-27(17)10-14/h5-7,10,12-13,15,23H,8-9,11H2,1-4H3,(H,24,29). The summed E-state index contributed by atoms with van der Waals surface area (Å²) in [5.74, 6) is -0.208. The number of nitrogens with one attached hydrogen (secondary N) is 2. The quantitative estimate of drug-likeness (QED) is 0.648. The van der Waals surface area contributed by atoms with E-state index in [1.54, 1.807) is 35.1 Å². The molecule has 1 saturated carbocycles. The topological polar surface area (TPSA) is 106 Å². The Balaban J connectivity index is 1.49. The van der Waals surface area contributed by atoms with Gasteiger partial charge in [0.15, 0.2) is 5.65 Å². The van der Waals surface area contributed by atoms with Gasteiger partial charge in [0.1, 0.15) is 12.9 Å². The van der Waals surface area contributed by atoms with E-state index in [0.717, 1.165) is 24.2 Å². The lowest BCUT2D eigenvalue weighted by Gasteiger charge is -2.43. The molecule has 0 bridgehead atoms. The molecular formula is C21H27N7O2. The van der Waals surface area contributed by atoms with E-state index in [1.165, 1.54) is 4.68 Å². The predicted octanol–water partition coefficient (Wildman–Crippen LogP) is 2.65. The van der Waals surface area contributed by atoms with E-state index in [-0.39, 0.29) is 23.9 Å². The van der Waals surface area contributed by atoms with Crippen molar-refractivity contribution in [2.24, 2.45) is 5.41 Å². The van der Waals surface area contributed by atoms with Gasteiger partial charge in [-0.05, 0) is 36.3 Å². The molecule has 1 aliphatic carbocycles. The van der Waals surface area contributed by atoms with Gasteiger partial charge in [0.05, 0.1) is 17.1 Å². The van der Waals surface area contributed by atoms with Crippen molar-refractivity contribution >= 4 is 22.9 Å². The Labute approximate surface area is 174 Å². The van der Waals surface area contributed by atoms with Crippen LogP contribution in [0.15, 0.2) is 35.5 Å². The van der Waals surface area contributed by atoms with Crippen LogP contribution in [0, 0.1) is 5.41 Å². The average molecular weight is 409 g/mol. The predicted molar refractivity (Wildman–Crippen MR) is 115 cm³/mol. The van der Waals surface area contributed by atoms with Crippen molar-refractivity contribution in [2.45, 2.75) is 59.0 Å². The van der Waals surface area contributed by atoms with Crippen LogP contribution >= 0.6 is 0 Å². The third kappa shape index (κ3) is 4.19. The minimum Gasteiger partial charge on any atom is -0.381 e. The molecule has 0 aromatic carbocycles. The molecular weight excluding hydrogens is 382 g/mol. The van der Waals surface area contributed by atoms with Gasteiger partial charge in [-0.1, -0.05) is 27.7 Å². The minimum absolute atomic E-state index is 0.117. The summed E-state index contributed by atoms with van der Waals surface area (Å²) < 4.78 is 2.93. The monoisotopic (exact) mass is 409 g/mol. The molecule has 3 aromatic rings. The van der Waals surface area contributed by atoms with Crippen LogP contribution in [-0.2, 0) is 11.3 Å². The second kappa shape index (κ2) is 7.55. The zero-order valence-corrected chi connectivity index (χ0v) is 17.7. The number of amides is 1. The van der Waals surface area contributed by atoms with E-state index < -0.39 is 0 Å². The van der Waals surface area contributed by atoms with E-state index in [4.69, 9.17) is 0 Å². The molecule has 4 rings (SSSR count). The van der Waals surface area contributed by atoms with Crippen molar-refractivity contribution < 1.29 is 4.79 Å². The van der Waals surface area contributed by atoms with Crippen molar-refractivity contribution in [3.05, 3.63) is 46.8 Å². The summed E-state index contributed by atoms with van der Waals surface area (Å²) in [5, 5.41) is 18.5. The summed E-state index contributed by atoms with van der Waals surface area (Å²) in [5.41, 5.74) is 2.88. The Morgan fingerprint density at radius 1 is 1.30 bits per heavy atom. The van der Waals surface area contributed by atoms with Gasteiger partial charge in [0.2, 0.25) is 5.91 Å². The highest BCUT2D eigenvalue weighted by Gasteiger charge is 2.36. The number of fused-ring (bicyclic) bond motifs is 1. The zero-order valence-electron chi connectivity index (χ0n) is 17.7. The van der Waals surface area contributed by atoms with Crippen molar-refractivity contribution in [1.82, 2.24) is 24.4 Å². The Hall–Kier alpha value is -3.23.